The van der Waals surface area contributed by atoms with E-state index in [-0.39, 0.29) is 36.6 Å². The van der Waals surface area contributed by atoms with Crippen molar-refractivity contribution in [1.82, 2.24) is 15.1 Å². The van der Waals surface area contributed by atoms with Crippen molar-refractivity contribution in [3.05, 3.63) is 33.8 Å². The van der Waals surface area contributed by atoms with E-state index in [4.69, 9.17) is 27.9 Å². The summed E-state index contributed by atoms with van der Waals surface area (Å²) in [6, 6.07) is 5.48. The standard InChI is InChI=1S/C18H21Cl2N3O3/c19-13-5-12(6-14(20)7-13)11-1-3-22(8-11)18(25)23-4-2-16-15(9-23)21-17(24)10-26-16/h5-7,11,15-16H,1-4,8-10H2,(H,21,24)/t11?,15-,16+/m1/s1. The maximum atomic E-state index is 12.9. The summed E-state index contributed by atoms with van der Waals surface area (Å²) in [5.41, 5.74) is 1.07. The van der Waals surface area contributed by atoms with Gasteiger partial charge in [-0.15, -0.1) is 0 Å². The third kappa shape index (κ3) is 3.63. The summed E-state index contributed by atoms with van der Waals surface area (Å²) in [7, 11) is 0. The number of amides is 3. The molecule has 140 valence electrons. The van der Waals surface area contributed by atoms with Crippen molar-refractivity contribution < 1.29 is 14.3 Å². The molecule has 3 heterocycles. The Morgan fingerprint density at radius 1 is 1.08 bits per heavy atom. The fourth-order valence-electron chi connectivity index (χ4n) is 4.09. The summed E-state index contributed by atoms with van der Waals surface area (Å²) in [5, 5.41) is 4.17. The van der Waals surface area contributed by atoms with Crippen molar-refractivity contribution in [2.24, 2.45) is 0 Å². The van der Waals surface area contributed by atoms with Crippen LogP contribution in [-0.4, -0.2) is 66.7 Å². The highest BCUT2D eigenvalue weighted by atomic mass is 35.5. The average molecular weight is 398 g/mol. The molecule has 1 aromatic rings. The van der Waals surface area contributed by atoms with Crippen LogP contribution in [-0.2, 0) is 9.53 Å². The molecule has 6 nitrogen and oxygen atoms in total. The van der Waals surface area contributed by atoms with Gasteiger partial charge in [0.1, 0.15) is 6.61 Å². The fourth-order valence-corrected chi connectivity index (χ4v) is 4.63. The number of rotatable bonds is 1. The summed E-state index contributed by atoms with van der Waals surface area (Å²) in [6.45, 7) is 2.63. The predicted octanol–water partition coefficient (Wildman–Crippen LogP) is 2.49. The Morgan fingerprint density at radius 3 is 2.54 bits per heavy atom. The van der Waals surface area contributed by atoms with Crippen molar-refractivity contribution in [1.29, 1.82) is 0 Å². The highest BCUT2D eigenvalue weighted by molar-refractivity contribution is 6.34. The van der Waals surface area contributed by atoms with Crippen LogP contribution in [0.3, 0.4) is 0 Å². The molecule has 3 saturated heterocycles. The molecule has 0 spiro atoms. The SMILES string of the molecule is O=C1CO[C@H]2CCN(C(=O)N3CCC(c4cc(Cl)cc(Cl)c4)C3)C[C@H]2N1. The van der Waals surface area contributed by atoms with Gasteiger partial charge in [0.15, 0.2) is 0 Å². The second-order valence-corrected chi connectivity index (χ2v) is 8.05. The second kappa shape index (κ2) is 7.25. The van der Waals surface area contributed by atoms with E-state index >= 15 is 0 Å². The molecule has 1 N–H and O–H groups in total. The summed E-state index contributed by atoms with van der Waals surface area (Å²) >= 11 is 12.2. The van der Waals surface area contributed by atoms with Crippen molar-refractivity contribution in [3.63, 3.8) is 0 Å². The number of urea groups is 1. The van der Waals surface area contributed by atoms with Gasteiger partial charge < -0.3 is 19.9 Å². The molecule has 0 aliphatic carbocycles. The van der Waals surface area contributed by atoms with Gasteiger partial charge in [-0.05, 0) is 36.6 Å². The Labute approximate surface area is 162 Å². The number of carbonyl (C=O) groups is 2. The smallest absolute Gasteiger partial charge is 0.320 e. The van der Waals surface area contributed by atoms with Crippen LogP contribution >= 0.6 is 23.2 Å². The molecule has 1 unspecified atom stereocenters. The fraction of sp³-hybridized carbons (Fsp3) is 0.556. The van der Waals surface area contributed by atoms with Gasteiger partial charge in [-0.3, -0.25) is 4.79 Å². The number of carbonyl (C=O) groups excluding carboxylic acids is 2. The maximum Gasteiger partial charge on any atom is 0.320 e. The summed E-state index contributed by atoms with van der Waals surface area (Å²) in [5.74, 6) is 0.130. The van der Waals surface area contributed by atoms with Gasteiger partial charge in [-0.2, -0.15) is 0 Å². The number of benzene rings is 1. The van der Waals surface area contributed by atoms with Crippen LogP contribution in [0.25, 0.3) is 0 Å². The van der Waals surface area contributed by atoms with Gasteiger partial charge in [0, 0.05) is 42.1 Å². The topological polar surface area (TPSA) is 61.9 Å². The molecule has 3 atom stereocenters. The number of hydrogen-bond acceptors (Lipinski definition) is 3. The molecule has 0 saturated carbocycles. The molecule has 26 heavy (non-hydrogen) atoms. The molecule has 8 heteroatoms. The summed E-state index contributed by atoms with van der Waals surface area (Å²) < 4.78 is 5.56. The van der Waals surface area contributed by atoms with Gasteiger partial charge in [0.2, 0.25) is 5.91 Å². The van der Waals surface area contributed by atoms with Gasteiger partial charge in [0.05, 0.1) is 12.1 Å². The molecular formula is C18H21Cl2N3O3. The van der Waals surface area contributed by atoms with E-state index in [1.165, 1.54) is 0 Å². The van der Waals surface area contributed by atoms with Gasteiger partial charge >= 0.3 is 6.03 Å². The largest absolute Gasteiger partial charge is 0.366 e. The molecule has 0 radical (unpaired) electrons. The minimum Gasteiger partial charge on any atom is -0.366 e. The number of likely N-dealkylation sites (tertiary alicyclic amines) is 2. The van der Waals surface area contributed by atoms with Crippen molar-refractivity contribution in [3.8, 4) is 0 Å². The molecule has 4 rings (SSSR count). The number of nitrogens with zero attached hydrogens (tertiary/aromatic N) is 2. The summed E-state index contributed by atoms with van der Waals surface area (Å²) in [6.07, 6.45) is 1.65. The number of halogens is 2. The third-order valence-electron chi connectivity index (χ3n) is 5.41. The van der Waals surface area contributed by atoms with Crippen LogP contribution < -0.4 is 5.32 Å². The lowest BCUT2D eigenvalue weighted by Crippen LogP contribution is -2.62. The van der Waals surface area contributed by atoms with E-state index in [1.807, 2.05) is 21.9 Å². The van der Waals surface area contributed by atoms with Crippen LogP contribution in [0.5, 0.6) is 0 Å². The monoisotopic (exact) mass is 397 g/mol. The number of nitrogens with one attached hydrogen (secondary N) is 1. The quantitative estimate of drug-likeness (QED) is 0.791. The molecular weight excluding hydrogens is 377 g/mol. The van der Waals surface area contributed by atoms with E-state index < -0.39 is 0 Å². The first-order valence-electron chi connectivity index (χ1n) is 8.90. The zero-order valence-electron chi connectivity index (χ0n) is 14.3. The number of ether oxygens (including phenoxy) is 1. The van der Waals surface area contributed by atoms with Gasteiger partial charge in [0.25, 0.3) is 0 Å². The van der Waals surface area contributed by atoms with Crippen LogP contribution in [0.4, 0.5) is 4.79 Å². The Bertz CT molecular complexity index is 709. The molecule has 3 aliphatic rings. The first kappa shape index (κ1) is 17.9. The van der Waals surface area contributed by atoms with Crippen molar-refractivity contribution in [2.75, 3.05) is 32.8 Å². The Morgan fingerprint density at radius 2 is 1.77 bits per heavy atom. The van der Waals surface area contributed by atoms with Crippen LogP contribution in [0, 0.1) is 0 Å². The predicted molar refractivity (Wildman–Crippen MR) is 98.6 cm³/mol. The number of fused-ring (bicyclic) bond motifs is 1. The highest BCUT2D eigenvalue weighted by Crippen LogP contribution is 2.32. The first-order valence-corrected chi connectivity index (χ1v) is 9.66. The van der Waals surface area contributed by atoms with E-state index in [1.54, 1.807) is 6.07 Å². The number of piperidine rings is 1. The Balaban J connectivity index is 1.39. The molecule has 0 aromatic heterocycles. The molecule has 3 fully saturated rings. The molecule has 3 amide bonds. The van der Waals surface area contributed by atoms with E-state index in [9.17, 15) is 9.59 Å². The number of morpholine rings is 1. The Kier molecular flexibility index (Phi) is 4.99. The minimum absolute atomic E-state index is 0.0108. The highest BCUT2D eigenvalue weighted by Gasteiger charge is 2.38. The Hall–Kier alpha value is -1.50. The van der Waals surface area contributed by atoms with Crippen molar-refractivity contribution in [2.45, 2.75) is 30.9 Å². The lowest BCUT2D eigenvalue weighted by molar-refractivity contribution is -0.139. The second-order valence-electron chi connectivity index (χ2n) is 7.18. The number of hydrogen-bond donors (Lipinski definition) is 1. The lowest BCUT2D eigenvalue weighted by atomic mass is 9.98. The molecule has 3 aliphatic heterocycles. The van der Waals surface area contributed by atoms with Crippen LogP contribution in [0.2, 0.25) is 10.0 Å². The zero-order valence-corrected chi connectivity index (χ0v) is 15.8. The first-order chi connectivity index (χ1) is 12.5. The van der Waals surface area contributed by atoms with Gasteiger partial charge in [-0.25, -0.2) is 4.79 Å². The van der Waals surface area contributed by atoms with E-state index in [2.05, 4.69) is 5.32 Å². The summed E-state index contributed by atoms with van der Waals surface area (Å²) in [4.78, 5) is 28.2. The molecule has 0 bridgehead atoms. The maximum absolute atomic E-state index is 12.9. The van der Waals surface area contributed by atoms with Crippen LogP contribution in [0.15, 0.2) is 18.2 Å². The average Bonchev–Trinajstić information content (AvgIpc) is 3.09. The zero-order chi connectivity index (χ0) is 18.3. The molecule has 1 aromatic carbocycles. The van der Waals surface area contributed by atoms with E-state index in [0.717, 1.165) is 18.4 Å². The van der Waals surface area contributed by atoms with Crippen molar-refractivity contribution >= 4 is 35.1 Å². The lowest BCUT2D eigenvalue weighted by Gasteiger charge is -2.42. The third-order valence-corrected chi connectivity index (χ3v) is 5.85. The van der Waals surface area contributed by atoms with E-state index in [0.29, 0.717) is 36.2 Å². The minimum atomic E-state index is -0.112. The normalized spacial score (nSPS) is 28.7. The van der Waals surface area contributed by atoms with Crippen LogP contribution in [0.1, 0.15) is 24.3 Å². The van der Waals surface area contributed by atoms with Gasteiger partial charge in [-0.1, -0.05) is 23.2 Å².